The summed E-state index contributed by atoms with van der Waals surface area (Å²) in [5.74, 6) is -0.148. The Bertz CT molecular complexity index is 875. The number of aromatic amines is 1. The number of imidazole rings is 1. The smallest absolute Gasteiger partial charge is 0.287 e. The molecule has 3 rings (SSSR count). The Balaban J connectivity index is 2.22. The molecular weight excluding hydrogens is 416 g/mol. The molecule has 1 amide bonds. The third-order valence-electron chi connectivity index (χ3n) is 3.54. The van der Waals surface area contributed by atoms with Crippen LogP contribution in [0.4, 0.5) is 0 Å². The number of nitrogens with one attached hydrogen (secondary N) is 2. The normalized spacial score (nSPS) is 10.8. The third-order valence-corrected chi connectivity index (χ3v) is 4.42. The maximum Gasteiger partial charge on any atom is 0.287 e. The summed E-state index contributed by atoms with van der Waals surface area (Å²) in [6.45, 7) is 2.31. The summed E-state index contributed by atoms with van der Waals surface area (Å²) in [4.78, 5) is 19.7. The van der Waals surface area contributed by atoms with Gasteiger partial charge in [-0.3, -0.25) is 4.79 Å². The fourth-order valence-electron chi connectivity index (χ4n) is 2.53. The fraction of sp³-hybridized carbons (Fsp3) is 0.111. The standard InChI is InChI=1S/C18H13Cl4N3O/c1-2-23-18(26)17-24-15(9-3-11(19)7-12(20)4-9)16(25-17)10-5-13(21)8-14(22)6-10/h3-8H,2H2,1H3,(H,23,26)(H,24,25). The molecule has 0 fully saturated rings. The topological polar surface area (TPSA) is 57.8 Å². The first-order valence-electron chi connectivity index (χ1n) is 7.68. The number of hydrogen-bond acceptors (Lipinski definition) is 2. The second-order valence-electron chi connectivity index (χ2n) is 5.48. The van der Waals surface area contributed by atoms with Gasteiger partial charge in [0.25, 0.3) is 5.91 Å². The van der Waals surface area contributed by atoms with Gasteiger partial charge in [0.1, 0.15) is 0 Å². The van der Waals surface area contributed by atoms with Crippen molar-refractivity contribution in [2.75, 3.05) is 6.54 Å². The zero-order valence-electron chi connectivity index (χ0n) is 13.5. The van der Waals surface area contributed by atoms with E-state index in [0.29, 0.717) is 49.2 Å². The SMILES string of the molecule is CCNC(=O)c1nc(-c2cc(Cl)cc(Cl)c2)c(-c2cc(Cl)cc(Cl)c2)[nH]1. The Morgan fingerprint density at radius 3 is 1.92 bits per heavy atom. The zero-order chi connectivity index (χ0) is 18.8. The van der Waals surface area contributed by atoms with Gasteiger partial charge in [0.05, 0.1) is 11.4 Å². The van der Waals surface area contributed by atoms with Crippen LogP contribution in [0.5, 0.6) is 0 Å². The van der Waals surface area contributed by atoms with Gasteiger partial charge in [-0.25, -0.2) is 4.98 Å². The molecule has 4 nitrogen and oxygen atoms in total. The van der Waals surface area contributed by atoms with E-state index in [-0.39, 0.29) is 11.7 Å². The quantitative estimate of drug-likeness (QED) is 0.526. The van der Waals surface area contributed by atoms with Crippen LogP contribution in [0.25, 0.3) is 22.5 Å². The molecule has 1 aromatic heterocycles. The number of aromatic nitrogens is 2. The van der Waals surface area contributed by atoms with E-state index >= 15 is 0 Å². The number of carbonyl (C=O) groups excluding carboxylic acids is 1. The minimum absolute atomic E-state index is 0.170. The van der Waals surface area contributed by atoms with Crippen LogP contribution in [-0.2, 0) is 0 Å². The van der Waals surface area contributed by atoms with Crippen molar-refractivity contribution in [3.63, 3.8) is 0 Å². The van der Waals surface area contributed by atoms with Crippen molar-refractivity contribution in [1.82, 2.24) is 15.3 Å². The molecule has 0 unspecified atom stereocenters. The van der Waals surface area contributed by atoms with E-state index in [9.17, 15) is 4.79 Å². The van der Waals surface area contributed by atoms with Crippen LogP contribution in [0.3, 0.4) is 0 Å². The van der Waals surface area contributed by atoms with Gasteiger partial charge in [-0.05, 0) is 43.3 Å². The first kappa shape index (κ1) is 19.1. The summed E-state index contributed by atoms with van der Waals surface area (Å²) in [7, 11) is 0. The van der Waals surface area contributed by atoms with E-state index in [1.807, 2.05) is 6.92 Å². The molecule has 1 heterocycles. The van der Waals surface area contributed by atoms with Crippen molar-refractivity contribution < 1.29 is 4.79 Å². The third kappa shape index (κ3) is 4.15. The average Bonchev–Trinajstić information content (AvgIpc) is 2.98. The Kier molecular flexibility index (Phi) is 5.78. The van der Waals surface area contributed by atoms with Crippen molar-refractivity contribution in [3.8, 4) is 22.5 Å². The molecule has 0 atom stereocenters. The second-order valence-corrected chi connectivity index (χ2v) is 7.23. The number of halogens is 4. The van der Waals surface area contributed by atoms with Crippen LogP contribution in [0.1, 0.15) is 17.5 Å². The van der Waals surface area contributed by atoms with Gasteiger partial charge in [0, 0.05) is 37.8 Å². The number of H-pyrrole nitrogens is 1. The molecular formula is C18H13Cl4N3O. The van der Waals surface area contributed by atoms with Gasteiger partial charge in [-0.1, -0.05) is 46.4 Å². The van der Waals surface area contributed by atoms with E-state index in [1.165, 1.54) is 0 Å². The molecule has 2 aromatic carbocycles. The molecule has 0 radical (unpaired) electrons. The lowest BCUT2D eigenvalue weighted by Gasteiger charge is -2.06. The number of benzene rings is 2. The predicted molar refractivity (Wildman–Crippen MR) is 108 cm³/mol. The lowest BCUT2D eigenvalue weighted by molar-refractivity contribution is 0.0946. The van der Waals surface area contributed by atoms with Crippen molar-refractivity contribution in [3.05, 3.63) is 62.3 Å². The molecule has 134 valence electrons. The van der Waals surface area contributed by atoms with Crippen LogP contribution in [0.15, 0.2) is 36.4 Å². The summed E-state index contributed by atoms with van der Waals surface area (Å²) >= 11 is 24.5. The molecule has 0 spiro atoms. The van der Waals surface area contributed by atoms with Gasteiger partial charge in [-0.2, -0.15) is 0 Å². The van der Waals surface area contributed by atoms with E-state index in [4.69, 9.17) is 46.4 Å². The average molecular weight is 429 g/mol. The first-order chi connectivity index (χ1) is 12.4. The van der Waals surface area contributed by atoms with Crippen LogP contribution >= 0.6 is 46.4 Å². The van der Waals surface area contributed by atoms with Gasteiger partial charge >= 0.3 is 0 Å². The second kappa shape index (κ2) is 7.89. The zero-order valence-corrected chi connectivity index (χ0v) is 16.6. The highest BCUT2D eigenvalue weighted by molar-refractivity contribution is 6.35. The summed E-state index contributed by atoms with van der Waals surface area (Å²) in [6, 6.07) is 10.2. The highest BCUT2D eigenvalue weighted by atomic mass is 35.5. The Morgan fingerprint density at radius 1 is 0.923 bits per heavy atom. The maximum atomic E-state index is 12.2. The summed E-state index contributed by atoms with van der Waals surface area (Å²) in [5.41, 5.74) is 2.47. The van der Waals surface area contributed by atoms with Crippen LogP contribution in [0, 0.1) is 0 Å². The lowest BCUT2D eigenvalue weighted by Crippen LogP contribution is -2.23. The van der Waals surface area contributed by atoms with Crippen molar-refractivity contribution in [2.45, 2.75) is 6.92 Å². The maximum absolute atomic E-state index is 12.2. The fourth-order valence-corrected chi connectivity index (χ4v) is 3.58. The van der Waals surface area contributed by atoms with Crippen molar-refractivity contribution in [2.24, 2.45) is 0 Å². The summed E-state index contributed by atoms with van der Waals surface area (Å²) in [6.07, 6.45) is 0. The highest BCUT2D eigenvalue weighted by Crippen LogP contribution is 2.35. The van der Waals surface area contributed by atoms with E-state index in [1.54, 1.807) is 36.4 Å². The Hall–Kier alpha value is -1.72. The molecule has 0 aliphatic rings. The van der Waals surface area contributed by atoms with Crippen molar-refractivity contribution in [1.29, 1.82) is 0 Å². The van der Waals surface area contributed by atoms with Gasteiger partial charge in [-0.15, -0.1) is 0 Å². The minimum Gasteiger partial charge on any atom is -0.350 e. The predicted octanol–water partition coefficient (Wildman–Crippen LogP) is 6.11. The number of amides is 1. The molecule has 0 aliphatic heterocycles. The van der Waals surface area contributed by atoms with Crippen LogP contribution < -0.4 is 5.32 Å². The molecule has 0 aliphatic carbocycles. The monoisotopic (exact) mass is 427 g/mol. The van der Waals surface area contributed by atoms with Crippen molar-refractivity contribution >= 4 is 52.3 Å². The highest BCUT2D eigenvalue weighted by Gasteiger charge is 2.19. The number of carbonyl (C=O) groups is 1. The molecule has 3 aromatic rings. The van der Waals surface area contributed by atoms with Crippen LogP contribution in [-0.4, -0.2) is 22.4 Å². The van der Waals surface area contributed by atoms with Gasteiger partial charge in [0.2, 0.25) is 0 Å². The van der Waals surface area contributed by atoms with Crippen LogP contribution in [0.2, 0.25) is 20.1 Å². The number of hydrogen-bond donors (Lipinski definition) is 2. The minimum atomic E-state index is -0.318. The number of rotatable bonds is 4. The Labute approximate surface area is 170 Å². The largest absolute Gasteiger partial charge is 0.350 e. The van der Waals surface area contributed by atoms with E-state index in [2.05, 4.69) is 15.3 Å². The summed E-state index contributed by atoms with van der Waals surface area (Å²) in [5, 5.41) is 4.58. The molecule has 0 saturated heterocycles. The molecule has 8 heteroatoms. The van der Waals surface area contributed by atoms with Gasteiger partial charge < -0.3 is 10.3 Å². The van der Waals surface area contributed by atoms with E-state index < -0.39 is 0 Å². The molecule has 26 heavy (non-hydrogen) atoms. The number of nitrogens with zero attached hydrogens (tertiary/aromatic N) is 1. The lowest BCUT2D eigenvalue weighted by atomic mass is 10.1. The Morgan fingerprint density at radius 2 is 1.42 bits per heavy atom. The molecule has 0 saturated carbocycles. The first-order valence-corrected chi connectivity index (χ1v) is 9.19. The summed E-state index contributed by atoms with van der Waals surface area (Å²) < 4.78 is 0. The molecule has 2 N–H and O–H groups in total. The molecule has 0 bridgehead atoms. The van der Waals surface area contributed by atoms with Gasteiger partial charge in [0.15, 0.2) is 5.82 Å². The van der Waals surface area contributed by atoms with E-state index in [0.717, 1.165) is 0 Å².